The van der Waals surface area contributed by atoms with Crippen LogP contribution in [0, 0.1) is 0 Å². The fourth-order valence-electron chi connectivity index (χ4n) is 1.51. The molecule has 0 aromatic heterocycles. The summed E-state index contributed by atoms with van der Waals surface area (Å²) in [5.41, 5.74) is 0.280. The van der Waals surface area contributed by atoms with Gasteiger partial charge in [0.25, 0.3) is 5.92 Å². The van der Waals surface area contributed by atoms with E-state index in [2.05, 4.69) is 0 Å². The molecule has 0 fully saturated rings. The van der Waals surface area contributed by atoms with Crippen LogP contribution in [-0.2, 0) is 16.1 Å². The minimum Gasteiger partial charge on any atom is -0.481 e. The van der Waals surface area contributed by atoms with E-state index in [1.165, 1.54) is 18.2 Å². The van der Waals surface area contributed by atoms with Gasteiger partial charge in [0.15, 0.2) is 0 Å². The maximum atomic E-state index is 13.6. The SMILES string of the molecule is CC(C)(C)c1cccc(C(F)(F)CC(=O)O)c1. The van der Waals surface area contributed by atoms with Crippen molar-refractivity contribution in [3.8, 4) is 0 Å². The minimum atomic E-state index is -3.33. The smallest absolute Gasteiger partial charge is 0.309 e. The van der Waals surface area contributed by atoms with Crippen LogP contribution in [0.2, 0.25) is 0 Å². The van der Waals surface area contributed by atoms with Crippen LogP contribution in [0.1, 0.15) is 38.3 Å². The first-order valence-corrected chi connectivity index (χ1v) is 5.33. The lowest BCUT2D eigenvalue weighted by molar-refractivity contribution is -0.145. The number of halogens is 2. The van der Waals surface area contributed by atoms with Crippen LogP contribution < -0.4 is 0 Å². The highest BCUT2D eigenvalue weighted by atomic mass is 19.3. The van der Waals surface area contributed by atoms with Gasteiger partial charge in [-0.25, -0.2) is 8.78 Å². The molecular weight excluding hydrogens is 226 g/mol. The van der Waals surface area contributed by atoms with Gasteiger partial charge in [0, 0.05) is 5.56 Å². The van der Waals surface area contributed by atoms with Crippen LogP contribution >= 0.6 is 0 Å². The van der Waals surface area contributed by atoms with E-state index in [1.54, 1.807) is 6.07 Å². The number of hydrogen-bond donors (Lipinski definition) is 1. The Morgan fingerprint density at radius 2 is 1.76 bits per heavy atom. The summed E-state index contributed by atoms with van der Waals surface area (Å²) < 4.78 is 27.2. The molecule has 1 aromatic rings. The summed E-state index contributed by atoms with van der Waals surface area (Å²) >= 11 is 0. The molecule has 1 aromatic carbocycles. The zero-order valence-corrected chi connectivity index (χ0v) is 10.1. The largest absolute Gasteiger partial charge is 0.481 e. The van der Waals surface area contributed by atoms with Crippen molar-refractivity contribution >= 4 is 5.97 Å². The molecule has 0 unspecified atom stereocenters. The second kappa shape index (κ2) is 4.43. The first kappa shape index (κ1) is 13.6. The van der Waals surface area contributed by atoms with Gasteiger partial charge >= 0.3 is 5.97 Å². The molecule has 94 valence electrons. The summed E-state index contributed by atoms with van der Waals surface area (Å²) in [6.45, 7) is 5.75. The third-order valence-corrected chi connectivity index (χ3v) is 2.52. The topological polar surface area (TPSA) is 37.3 Å². The third-order valence-electron chi connectivity index (χ3n) is 2.52. The molecule has 2 nitrogen and oxygen atoms in total. The van der Waals surface area contributed by atoms with Crippen molar-refractivity contribution in [3.05, 3.63) is 35.4 Å². The van der Waals surface area contributed by atoms with Crippen molar-refractivity contribution in [3.63, 3.8) is 0 Å². The Morgan fingerprint density at radius 1 is 1.24 bits per heavy atom. The zero-order chi connectivity index (χ0) is 13.3. The van der Waals surface area contributed by atoms with E-state index in [0.29, 0.717) is 0 Å². The van der Waals surface area contributed by atoms with E-state index in [-0.39, 0.29) is 11.0 Å². The Bertz CT molecular complexity index is 420. The van der Waals surface area contributed by atoms with Gasteiger partial charge in [-0.05, 0) is 17.0 Å². The van der Waals surface area contributed by atoms with Crippen LogP contribution in [-0.4, -0.2) is 11.1 Å². The summed E-state index contributed by atoms with van der Waals surface area (Å²) in [7, 11) is 0. The van der Waals surface area contributed by atoms with Crippen LogP contribution in [0.25, 0.3) is 0 Å². The number of carboxylic acid groups (broad SMARTS) is 1. The van der Waals surface area contributed by atoms with Crippen LogP contribution in [0.3, 0.4) is 0 Å². The van der Waals surface area contributed by atoms with E-state index in [1.807, 2.05) is 20.8 Å². The van der Waals surface area contributed by atoms with Gasteiger partial charge in [-0.15, -0.1) is 0 Å². The number of alkyl halides is 2. The highest BCUT2D eigenvalue weighted by Gasteiger charge is 2.35. The fraction of sp³-hybridized carbons (Fsp3) is 0.462. The van der Waals surface area contributed by atoms with E-state index in [4.69, 9.17) is 5.11 Å². The Morgan fingerprint density at radius 3 is 2.24 bits per heavy atom. The Hall–Kier alpha value is -1.45. The lowest BCUT2D eigenvalue weighted by Crippen LogP contribution is -2.20. The maximum absolute atomic E-state index is 13.6. The number of benzene rings is 1. The number of aliphatic carboxylic acids is 1. The molecular formula is C13H16F2O2. The minimum absolute atomic E-state index is 0.241. The zero-order valence-electron chi connectivity index (χ0n) is 10.1. The first-order valence-electron chi connectivity index (χ1n) is 5.33. The highest BCUT2D eigenvalue weighted by Crippen LogP contribution is 2.34. The molecule has 17 heavy (non-hydrogen) atoms. The number of carbonyl (C=O) groups is 1. The number of carboxylic acids is 1. The van der Waals surface area contributed by atoms with Crippen LogP contribution in [0.5, 0.6) is 0 Å². The lowest BCUT2D eigenvalue weighted by Gasteiger charge is -2.22. The Labute approximate surface area is 99.3 Å². The quantitative estimate of drug-likeness (QED) is 0.880. The molecule has 0 amide bonds. The second-order valence-electron chi connectivity index (χ2n) is 5.11. The number of hydrogen-bond acceptors (Lipinski definition) is 1. The van der Waals surface area contributed by atoms with Crippen molar-refractivity contribution < 1.29 is 18.7 Å². The lowest BCUT2D eigenvalue weighted by atomic mass is 9.85. The van der Waals surface area contributed by atoms with Gasteiger partial charge in [0.1, 0.15) is 6.42 Å². The number of rotatable bonds is 3. The Kier molecular flexibility index (Phi) is 3.55. The molecule has 0 aliphatic rings. The molecule has 0 heterocycles. The van der Waals surface area contributed by atoms with Gasteiger partial charge < -0.3 is 5.11 Å². The summed E-state index contributed by atoms with van der Waals surface area (Å²) in [5.74, 6) is -4.83. The molecule has 1 N–H and O–H groups in total. The Balaban J connectivity index is 3.11. The van der Waals surface area contributed by atoms with Crippen molar-refractivity contribution in [1.82, 2.24) is 0 Å². The highest BCUT2D eigenvalue weighted by molar-refractivity contribution is 5.68. The maximum Gasteiger partial charge on any atom is 0.309 e. The monoisotopic (exact) mass is 242 g/mol. The van der Waals surface area contributed by atoms with E-state index < -0.39 is 18.3 Å². The molecule has 0 bridgehead atoms. The molecule has 0 aliphatic carbocycles. The van der Waals surface area contributed by atoms with Crippen LogP contribution in [0.15, 0.2) is 24.3 Å². The van der Waals surface area contributed by atoms with Gasteiger partial charge in [-0.2, -0.15) is 0 Å². The average Bonchev–Trinajstić information content (AvgIpc) is 2.14. The van der Waals surface area contributed by atoms with Crippen molar-refractivity contribution in [2.45, 2.75) is 38.5 Å². The fourth-order valence-corrected chi connectivity index (χ4v) is 1.51. The molecule has 1 rings (SSSR count). The molecule has 4 heteroatoms. The summed E-state index contributed by atoms with van der Waals surface area (Å²) in [6.07, 6.45) is -1.18. The van der Waals surface area contributed by atoms with Gasteiger partial charge in [-0.3, -0.25) is 4.79 Å². The van der Waals surface area contributed by atoms with E-state index in [9.17, 15) is 13.6 Å². The summed E-state index contributed by atoms with van der Waals surface area (Å²) in [5, 5.41) is 8.46. The predicted molar refractivity (Wildman–Crippen MR) is 61.3 cm³/mol. The van der Waals surface area contributed by atoms with Gasteiger partial charge in [-0.1, -0.05) is 39.0 Å². The molecule has 0 saturated heterocycles. The molecule has 0 radical (unpaired) electrons. The van der Waals surface area contributed by atoms with Crippen molar-refractivity contribution in [2.24, 2.45) is 0 Å². The first-order chi connectivity index (χ1) is 7.63. The molecule has 0 saturated carbocycles. The van der Waals surface area contributed by atoms with Crippen LogP contribution in [0.4, 0.5) is 8.78 Å². The normalized spacial score (nSPS) is 12.5. The molecule has 0 aliphatic heterocycles. The van der Waals surface area contributed by atoms with E-state index >= 15 is 0 Å². The van der Waals surface area contributed by atoms with Gasteiger partial charge in [0.05, 0.1) is 0 Å². The van der Waals surface area contributed by atoms with E-state index in [0.717, 1.165) is 5.56 Å². The average molecular weight is 242 g/mol. The summed E-state index contributed by atoms with van der Waals surface area (Å²) in [6, 6.07) is 5.94. The van der Waals surface area contributed by atoms with Gasteiger partial charge in [0.2, 0.25) is 0 Å². The second-order valence-corrected chi connectivity index (χ2v) is 5.11. The van der Waals surface area contributed by atoms with Crippen molar-refractivity contribution in [2.75, 3.05) is 0 Å². The third kappa shape index (κ3) is 3.51. The predicted octanol–water partition coefficient (Wildman–Crippen LogP) is 3.55. The summed E-state index contributed by atoms with van der Waals surface area (Å²) in [4.78, 5) is 10.4. The standard InChI is InChI=1S/C13H16F2O2/c1-12(2,3)9-5-4-6-10(7-9)13(14,15)8-11(16)17/h4-7H,8H2,1-3H3,(H,16,17). The van der Waals surface area contributed by atoms with Crippen molar-refractivity contribution in [1.29, 1.82) is 0 Å². The molecule has 0 atom stereocenters. The molecule has 0 spiro atoms.